The number of unbranched alkanes of at least 4 members (excludes halogenated alkanes) is 10. The third-order valence-corrected chi connectivity index (χ3v) is 4.71. The molecule has 0 spiro atoms. The Hall–Kier alpha value is -0.790. The number of ether oxygens (including phenoxy) is 1. The van der Waals surface area contributed by atoms with Crippen molar-refractivity contribution in [2.75, 3.05) is 6.61 Å². The van der Waals surface area contributed by atoms with Gasteiger partial charge in [-0.25, -0.2) is 4.79 Å². The normalized spacial score (nSPS) is 12.1. The summed E-state index contributed by atoms with van der Waals surface area (Å²) in [7, 11) is 0. The number of hydrogen-bond donors (Lipinski definition) is 0. The molecule has 0 aliphatic carbocycles. The zero-order valence-electron chi connectivity index (χ0n) is 16.7. The molecule has 2 heteroatoms. The Morgan fingerprint density at radius 1 is 0.792 bits per heavy atom. The van der Waals surface area contributed by atoms with Gasteiger partial charge < -0.3 is 4.74 Å². The van der Waals surface area contributed by atoms with E-state index < -0.39 is 0 Å². The van der Waals surface area contributed by atoms with E-state index in [0.29, 0.717) is 18.1 Å². The third kappa shape index (κ3) is 14.8. The largest absolute Gasteiger partial charge is 0.462 e. The average Bonchev–Trinajstić information content (AvgIpc) is 2.56. The standard InChI is InChI=1S/C22H42O2/c1-5-7-8-9-10-11-12-13-14-15-16-18-21(17-6-2)19-24-22(23)20(3)4/h21H,3,5-19H2,1-2,4H3. The molecule has 0 aromatic rings. The molecule has 0 radical (unpaired) electrons. The van der Waals surface area contributed by atoms with E-state index >= 15 is 0 Å². The van der Waals surface area contributed by atoms with Gasteiger partial charge in [0.2, 0.25) is 0 Å². The smallest absolute Gasteiger partial charge is 0.333 e. The lowest BCUT2D eigenvalue weighted by Gasteiger charge is -2.16. The summed E-state index contributed by atoms with van der Waals surface area (Å²) in [6.45, 7) is 10.4. The van der Waals surface area contributed by atoms with Gasteiger partial charge in [0.25, 0.3) is 0 Å². The van der Waals surface area contributed by atoms with Gasteiger partial charge in [-0.15, -0.1) is 0 Å². The summed E-state index contributed by atoms with van der Waals surface area (Å²) in [4.78, 5) is 11.5. The van der Waals surface area contributed by atoms with Crippen LogP contribution >= 0.6 is 0 Å². The van der Waals surface area contributed by atoms with Crippen LogP contribution in [0.15, 0.2) is 12.2 Å². The molecule has 2 nitrogen and oxygen atoms in total. The van der Waals surface area contributed by atoms with Crippen LogP contribution in [0.1, 0.15) is 111 Å². The minimum absolute atomic E-state index is 0.241. The molecule has 0 saturated carbocycles. The molecule has 0 N–H and O–H groups in total. The van der Waals surface area contributed by atoms with E-state index in [1.165, 1.54) is 77.0 Å². The summed E-state index contributed by atoms with van der Waals surface area (Å²) in [5.74, 6) is 0.284. The maximum absolute atomic E-state index is 11.5. The SMILES string of the molecule is C=C(C)C(=O)OCC(CCC)CCCCCCCCCCCCC. The van der Waals surface area contributed by atoms with Crippen molar-refractivity contribution in [1.29, 1.82) is 0 Å². The van der Waals surface area contributed by atoms with Gasteiger partial charge in [0.15, 0.2) is 0 Å². The molecule has 0 aromatic carbocycles. The van der Waals surface area contributed by atoms with E-state index in [9.17, 15) is 4.79 Å². The van der Waals surface area contributed by atoms with E-state index in [1.807, 2.05) is 0 Å². The second-order valence-electron chi connectivity index (χ2n) is 7.36. The first kappa shape index (κ1) is 23.2. The molecule has 0 fully saturated rings. The summed E-state index contributed by atoms with van der Waals surface area (Å²) >= 11 is 0. The maximum Gasteiger partial charge on any atom is 0.333 e. The second kappa shape index (κ2) is 17.0. The average molecular weight is 339 g/mol. The third-order valence-electron chi connectivity index (χ3n) is 4.71. The van der Waals surface area contributed by atoms with Gasteiger partial charge in [-0.05, 0) is 25.7 Å². The van der Waals surface area contributed by atoms with E-state index in [-0.39, 0.29) is 5.97 Å². The lowest BCUT2D eigenvalue weighted by atomic mass is 9.96. The molecule has 1 atom stereocenters. The minimum Gasteiger partial charge on any atom is -0.462 e. The molecular formula is C22H42O2. The first-order valence-corrected chi connectivity index (χ1v) is 10.4. The summed E-state index contributed by atoms with van der Waals surface area (Å²) < 4.78 is 5.33. The first-order chi connectivity index (χ1) is 11.6. The number of esters is 1. The van der Waals surface area contributed by atoms with E-state index in [0.717, 1.165) is 12.8 Å². The van der Waals surface area contributed by atoms with Gasteiger partial charge >= 0.3 is 5.97 Å². The molecule has 0 saturated heterocycles. The van der Waals surface area contributed by atoms with E-state index in [4.69, 9.17) is 4.74 Å². The van der Waals surface area contributed by atoms with Crippen molar-refractivity contribution in [2.24, 2.45) is 5.92 Å². The van der Waals surface area contributed by atoms with Gasteiger partial charge in [0.1, 0.15) is 0 Å². The molecule has 1 unspecified atom stereocenters. The molecule has 0 amide bonds. The predicted molar refractivity (Wildman–Crippen MR) is 105 cm³/mol. The van der Waals surface area contributed by atoms with Gasteiger partial charge in [-0.2, -0.15) is 0 Å². The van der Waals surface area contributed by atoms with Crippen LogP contribution in [-0.4, -0.2) is 12.6 Å². The van der Waals surface area contributed by atoms with E-state index in [2.05, 4.69) is 20.4 Å². The molecular weight excluding hydrogens is 296 g/mol. The highest BCUT2D eigenvalue weighted by Crippen LogP contribution is 2.18. The number of carbonyl (C=O) groups excluding carboxylic acids is 1. The maximum atomic E-state index is 11.5. The topological polar surface area (TPSA) is 26.3 Å². The van der Waals surface area contributed by atoms with Crippen molar-refractivity contribution in [3.05, 3.63) is 12.2 Å². The second-order valence-corrected chi connectivity index (χ2v) is 7.36. The quantitative estimate of drug-likeness (QED) is 0.159. The fourth-order valence-corrected chi connectivity index (χ4v) is 3.13. The van der Waals surface area contributed by atoms with Gasteiger partial charge in [0.05, 0.1) is 6.61 Å². The molecule has 0 aliphatic heterocycles. The number of hydrogen-bond acceptors (Lipinski definition) is 2. The van der Waals surface area contributed by atoms with Crippen LogP contribution in [0.4, 0.5) is 0 Å². The molecule has 24 heavy (non-hydrogen) atoms. The Kier molecular flexibility index (Phi) is 16.5. The first-order valence-electron chi connectivity index (χ1n) is 10.4. The van der Waals surface area contributed by atoms with E-state index in [1.54, 1.807) is 6.92 Å². The van der Waals surface area contributed by atoms with Crippen LogP contribution in [0, 0.1) is 5.92 Å². The Morgan fingerprint density at radius 3 is 1.75 bits per heavy atom. The summed E-state index contributed by atoms with van der Waals surface area (Å²) in [6, 6.07) is 0. The zero-order valence-corrected chi connectivity index (χ0v) is 16.7. The lowest BCUT2D eigenvalue weighted by molar-refractivity contribution is -0.140. The molecule has 0 rings (SSSR count). The van der Waals surface area contributed by atoms with Gasteiger partial charge in [-0.3, -0.25) is 0 Å². The van der Waals surface area contributed by atoms with Crippen LogP contribution in [0.2, 0.25) is 0 Å². The summed E-state index contributed by atoms with van der Waals surface area (Å²) in [5, 5.41) is 0. The van der Waals surface area contributed by atoms with Crippen LogP contribution in [-0.2, 0) is 9.53 Å². The fourth-order valence-electron chi connectivity index (χ4n) is 3.13. The number of rotatable bonds is 17. The van der Waals surface area contributed by atoms with Crippen molar-refractivity contribution in [2.45, 2.75) is 111 Å². The molecule has 0 aromatic heterocycles. The summed E-state index contributed by atoms with van der Waals surface area (Å²) in [5.41, 5.74) is 0.500. The van der Waals surface area contributed by atoms with Crippen molar-refractivity contribution in [3.63, 3.8) is 0 Å². The summed E-state index contributed by atoms with van der Waals surface area (Å²) in [6.07, 6.45) is 18.7. The molecule has 142 valence electrons. The van der Waals surface area contributed by atoms with Gasteiger partial charge in [-0.1, -0.05) is 97.5 Å². The Labute approximate surface area is 151 Å². The lowest BCUT2D eigenvalue weighted by Crippen LogP contribution is -2.14. The van der Waals surface area contributed by atoms with Crippen molar-refractivity contribution in [1.82, 2.24) is 0 Å². The van der Waals surface area contributed by atoms with Crippen LogP contribution in [0.3, 0.4) is 0 Å². The Bertz CT molecular complexity index is 309. The highest BCUT2D eigenvalue weighted by atomic mass is 16.5. The minimum atomic E-state index is -0.241. The molecule has 0 heterocycles. The highest BCUT2D eigenvalue weighted by Gasteiger charge is 2.11. The predicted octanol–water partition coefficient (Wildman–Crippen LogP) is 7.22. The Balaban J connectivity index is 3.53. The Morgan fingerprint density at radius 2 is 1.29 bits per heavy atom. The van der Waals surface area contributed by atoms with Crippen LogP contribution in [0.5, 0.6) is 0 Å². The van der Waals surface area contributed by atoms with Gasteiger partial charge in [0, 0.05) is 5.57 Å². The fraction of sp³-hybridized carbons (Fsp3) is 0.864. The molecule has 0 aliphatic rings. The van der Waals surface area contributed by atoms with Crippen LogP contribution < -0.4 is 0 Å². The van der Waals surface area contributed by atoms with Crippen molar-refractivity contribution in [3.8, 4) is 0 Å². The highest BCUT2D eigenvalue weighted by molar-refractivity contribution is 5.86. The monoisotopic (exact) mass is 338 g/mol. The number of carbonyl (C=O) groups is 1. The zero-order chi connectivity index (χ0) is 18.0. The van der Waals surface area contributed by atoms with Crippen molar-refractivity contribution >= 4 is 5.97 Å². The van der Waals surface area contributed by atoms with Crippen LogP contribution in [0.25, 0.3) is 0 Å². The van der Waals surface area contributed by atoms with Crippen molar-refractivity contribution < 1.29 is 9.53 Å². The molecule has 0 bridgehead atoms.